The van der Waals surface area contributed by atoms with Crippen molar-refractivity contribution in [2.75, 3.05) is 0 Å². The van der Waals surface area contributed by atoms with Gasteiger partial charge in [-0.05, 0) is 39.0 Å². The third-order valence-corrected chi connectivity index (χ3v) is 4.47. The number of hydrogen-bond donors (Lipinski definition) is 0. The fourth-order valence-electron chi connectivity index (χ4n) is 3.59. The number of rotatable bonds is 0. The van der Waals surface area contributed by atoms with Crippen molar-refractivity contribution in [3.8, 4) is 0 Å². The van der Waals surface area contributed by atoms with Gasteiger partial charge in [0, 0.05) is 6.42 Å². The van der Waals surface area contributed by atoms with Gasteiger partial charge in [0.1, 0.15) is 11.7 Å². The topological polar surface area (TPSA) is 27.7 Å². The molecule has 2 saturated heterocycles. The quantitative estimate of drug-likeness (QED) is 0.578. The van der Waals surface area contributed by atoms with Gasteiger partial charge in [0.05, 0.1) is 0 Å². The molecule has 1 aliphatic carbocycles. The van der Waals surface area contributed by atoms with Crippen molar-refractivity contribution in [2.24, 2.45) is 5.92 Å². The minimum Gasteiger partial charge on any atom is -0.338 e. The molecule has 2 aliphatic heterocycles. The van der Waals surface area contributed by atoms with Crippen LogP contribution in [0.4, 0.5) is 0 Å². The molecule has 1 saturated carbocycles. The minimum absolute atomic E-state index is 0.0521. The first-order chi connectivity index (χ1) is 7.15. The SMILES string of the molecule is C[C@H]1OOC2(C)CC[C@H]3CCCC[C@@]31O2. The smallest absolute Gasteiger partial charge is 0.199 e. The fourth-order valence-corrected chi connectivity index (χ4v) is 3.59. The molecule has 3 fully saturated rings. The lowest BCUT2D eigenvalue weighted by atomic mass is 9.68. The van der Waals surface area contributed by atoms with Crippen LogP contribution in [0.5, 0.6) is 0 Å². The molecule has 0 amide bonds. The van der Waals surface area contributed by atoms with E-state index in [9.17, 15) is 0 Å². The van der Waals surface area contributed by atoms with Crippen molar-refractivity contribution >= 4 is 0 Å². The third kappa shape index (κ3) is 1.37. The predicted molar refractivity (Wildman–Crippen MR) is 55.0 cm³/mol. The van der Waals surface area contributed by atoms with Gasteiger partial charge in [-0.25, -0.2) is 9.78 Å². The summed E-state index contributed by atoms with van der Waals surface area (Å²) in [5, 5.41) is 0. The Kier molecular flexibility index (Phi) is 2.14. The van der Waals surface area contributed by atoms with E-state index in [1.54, 1.807) is 0 Å². The first-order valence-corrected chi connectivity index (χ1v) is 6.19. The Morgan fingerprint density at radius 1 is 1.13 bits per heavy atom. The Hall–Kier alpha value is -0.120. The van der Waals surface area contributed by atoms with Gasteiger partial charge in [-0.2, -0.15) is 0 Å². The number of fused-ring (bicyclic) bond motifs is 1. The van der Waals surface area contributed by atoms with E-state index in [2.05, 4.69) is 6.92 Å². The molecule has 0 radical (unpaired) electrons. The third-order valence-electron chi connectivity index (χ3n) is 4.47. The Balaban J connectivity index is 1.93. The van der Waals surface area contributed by atoms with Crippen molar-refractivity contribution < 1.29 is 14.5 Å². The highest BCUT2D eigenvalue weighted by molar-refractivity contribution is 5.01. The summed E-state index contributed by atoms with van der Waals surface area (Å²) in [6, 6.07) is 0. The summed E-state index contributed by atoms with van der Waals surface area (Å²) < 4.78 is 6.27. The predicted octanol–water partition coefficient (Wildman–Crippen LogP) is 2.79. The zero-order valence-corrected chi connectivity index (χ0v) is 9.62. The fraction of sp³-hybridized carbons (Fsp3) is 1.00. The second-order valence-electron chi connectivity index (χ2n) is 5.49. The highest BCUT2D eigenvalue weighted by atomic mass is 17.2. The summed E-state index contributed by atoms with van der Waals surface area (Å²) in [7, 11) is 0. The Morgan fingerprint density at radius 2 is 2.00 bits per heavy atom. The van der Waals surface area contributed by atoms with Gasteiger partial charge in [0.25, 0.3) is 0 Å². The average molecular weight is 212 g/mol. The van der Waals surface area contributed by atoms with Crippen molar-refractivity contribution in [3.05, 3.63) is 0 Å². The molecule has 2 bridgehead atoms. The van der Waals surface area contributed by atoms with Gasteiger partial charge >= 0.3 is 0 Å². The molecule has 4 atom stereocenters. The highest BCUT2D eigenvalue weighted by Gasteiger charge is 2.58. The van der Waals surface area contributed by atoms with Crippen LogP contribution in [-0.4, -0.2) is 17.5 Å². The normalized spacial score (nSPS) is 54.8. The molecule has 15 heavy (non-hydrogen) atoms. The second kappa shape index (κ2) is 3.19. The first-order valence-electron chi connectivity index (χ1n) is 6.19. The Labute approximate surface area is 91.0 Å². The standard InChI is InChI=1S/C12H20O3/c1-9-12-7-4-3-5-10(12)6-8-11(2,14-12)15-13-9/h9-10H,3-8H2,1-2H3/t9-,10-,11?,12+/m1/s1. The maximum atomic E-state index is 6.27. The van der Waals surface area contributed by atoms with E-state index in [1.807, 2.05) is 6.92 Å². The van der Waals surface area contributed by atoms with Crippen LogP contribution in [0.1, 0.15) is 52.4 Å². The van der Waals surface area contributed by atoms with E-state index in [0.717, 1.165) is 12.8 Å². The molecule has 0 aromatic rings. The molecule has 0 N–H and O–H groups in total. The largest absolute Gasteiger partial charge is 0.338 e. The molecular weight excluding hydrogens is 192 g/mol. The molecule has 0 aromatic carbocycles. The summed E-state index contributed by atoms with van der Waals surface area (Å²) in [6.45, 7) is 4.09. The summed E-state index contributed by atoms with van der Waals surface area (Å²) in [5.74, 6) is 0.193. The van der Waals surface area contributed by atoms with E-state index in [1.165, 1.54) is 25.7 Å². The number of ether oxygens (including phenoxy) is 1. The lowest BCUT2D eigenvalue weighted by Gasteiger charge is -2.57. The van der Waals surface area contributed by atoms with Crippen LogP contribution in [0.2, 0.25) is 0 Å². The van der Waals surface area contributed by atoms with Crippen molar-refractivity contribution in [1.29, 1.82) is 0 Å². The molecule has 2 heterocycles. The van der Waals surface area contributed by atoms with Crippen molar-refractivity contribution in [2.45, 2.75) is 69.9 Å². The van der Waals surface area contributed by atoms with Crippen LogP contribution in [0.25, 0.3) is 0 Å². The van der Waals surface area contributed by atoms with Crippen LogP contribution >= 0.6 is 0 Å². The Morgan fingerprint density at radius 3 is 2.87 bits per heavy atom. The van der Waals surface area contributed by atoms with Crippen LogP contribution in [-0.2, 0) is 14.5 Å². The molecule has 3 aliphatic rings. The van der Waals surface area contributed by atoms with Crippen molar-refractivity contribution in [3.63, 3.8) is 0 Å². The van der Waals surface area contributed by atoms with Crippen LogP contribution in [0.3, 0.4) is 0 Å². The molecule has 1 unspecified atom stereocenters. The molecule has 3 nitrogen and oxygen atoms in total. The first kappa shape index (κ1) is 10.1. The van der Waals surface area contributed by atoms with E-state index >= 15 is 0 Å². The van der Waals surface area contributed by atoms with Gasteiger partial charge in [-0.3, -0.25) is 0 Å². The van der Waals surface area contributed by atoms with E-state index < -0.39 is 5.79 Å². The van der Waals surface area contributed by atoms with E-state index in [-0.39, 0.29) is 11.7 Å². The average Bonchev–Trinajstić information content (AvgIpc) is 2.24. The second-order valence-corrected chi connectivity index (χ2v) is 5.49. The summed E-state index contributed by atoms with van der Waals surface area (Å²) in [4.78, 5) is 10.9. The molecule has 3 heteroatoms. The van der Waals surface area contributed by atoms with Gasteiger partial charge < -0.3 is 4.74 Å². The Bertz CT molecular complexity index is 268. The van der Waals surface area contributed by atoms with Gasteiger partial charge in [-0.1, -0.05) is 12.8 Å². The van der Waals surface area contributed by atoms with E-state index in [4.69, 9.17) is 14.5 Å². The van der Waals surface area contributed by atoms with Crippen molar-refractivity contribution in [1.82, 2.24) is 0 Å². The highest BCUT2D eigenvalue weighted by Crippen LogP contribution is 2.52. The van der Waals surface area contributed by atoms with Crippen LogP contribution < -0.4 is 0 Å². The molecule has 3 rings (SSSR count). The summed E-state index contributed by atoms with van der Waals surface area (Å²) in [5.41, 5.74) is -0.0521. The van der Waals surface area contributed by atoms with Crippen LogP contribution in [0, 0.1) is 5.92 Å². The minimum atomic E-state index is -0.486. The lowest BCUT2D eigenvalue weighted by Crippen LogP contribution is -2.64. The summed E-state index contributed by atoms with van der Waals surface area (Å²) >= 11 is 0. The van der Waals surface area contributed by atoms with Gasteiger partial charge in [0.2, 0.25) is 0 Å². The van der Waals surface area contributed by atoms with Gasteiger partial charge in [-0.15, -0.1) is 0 Å². The number of hydrogen-bond acceptors (Lipinski definition) is 3. The molecular formula is C12H20O3. The van der Waals surface area contributed by atoms with Crippen LogP contribution in [0.15, 0.2) is 0 Å². The maximum absolute atomic E-state index is 6.27. The van der Waals surface area contributed by atoms with E-state index in [0.29, 0.717) is 5.92 Å². The molecule has 0 aromatic heterocycles. The maximum Gasteiger partial charge on any atom is 0.199 e. The summed E-state index contributed by atoms with van der Waals surface area (Å²) in [6.07, 6.45) is 7.31. The monoisotopic (exact) mass is 212 g/mol. The molecule has 86 valence electrons. The van der Waals surface area contributed by atoms with Gasteiger partial charge in [0.15, 0.2) is 5.79 Å². The molecule has 1 spiro atoms. The zero-order chi connectivity index (χ0) is 10.5. The zero-order valence-electron chi connectivity index (χ0n) is 9.62. The lowest BCUT2D eigenvalue weighted by molar-refractivity contribution is -0.535.